The monoisotopic (exact) mass is 544 g/mol. The van der Waals surface area contributed by atoms with Crippen LogP contribution in [0.2, 0.25) is 0 Å². The Labute approximate surface area is 232 Å². The quantitative estimate of drug-likeness (QED) is 0.204. The molecule has 0 spiro atoms. The van der Waals surface area contributed by atoms with E-state index in [4.69, 9.17) is 4.74 Å². The number of benzene rings is 1. The van der Waals surface area contributed by atoms with Crippen LogP contribution in [0.4, 0.5) is 5.82 Å². The fourth-order valence-corrected chi connectivity index (χ4v) is 4.49. The van der Waals surface area contributed by atoms with Crippen LogP contribution in [0.5, 0.6) is 11.6 Å². The molecule has 0 radical (unpaired) electrons. The van der Waals surface area contributed by atoms with Crippen molar-refractivity contribution in [2.75, 3.05) is 18.6 Å². The zero-order valence-electron chi connectivity index (χ0n) is 22.4. The summed E-state index contributed by atoms with van der Waals surface area (Å²) in [5.41, 5.74) is 4.31. The minimum Gasteiger partial charge on any atom is -0.506 e. The molecule has 0 atom stereocenters. The number of hydrogen-bond donors (Lipinski definition) is 4. The Bertz CT molecular complexity index is 1490. The highest BCUT2D eigenvalue weighted by Crippen LogP contribution is 2.28. The van der Waals surface area contributed by atoms with Gasteiger partial charge in [0.15, 0.2) is 0 Å². The first-order chi connectivity index (χ1) is 18.8. The predicted molar refractivity (Wildman–Crippen MR) is 156 cm³/mol. The number of carbonyl (C=O) groups is 1. The van der Waals surface area contributed by atoms with Crippen molar-refractivity contribution in [2.24, 2.45) is 0 Å². The number of ether oxygens (including phenoxy) is 1. The highest BCUT2D eigenvalue weighted by atomic mass is 32.2. The lowest BCUT2D eigenvalue weighted by Crippen LogP contribution is -2.21. The minimum absolute atomic E-state index is 0.0390. The van der Waals surface area contributed by atoms with Crippen LogP contribution in [-0.2, 0) is 0 Å². The molecule has 2 aromatic heterocycles. The highest BCUT2D eigenvalue weighted by molar-refractivity contribution is 7.96. The molecule has 10 heteroatoms. The van der Waals surface area contributed by atoms with E-state index in [1.54, 1.807) is 17.9 Å². The summed E-state index contributed by atoms with van der Waals surface area (Å²) < 4.78 is 10.7. The van der Waals surface area contributed by atoms with E-state index in [-0.39, 0.29) is 11.5 Å². The summed E-state index contributed by atoms with van der Waals surface area (Å²) in [5, 5.41) is 21.1. The second kappa shape index (κ2) is 12.4. The van der Waals surface area contributed by atoms with Crippen molar-refractivity contribution in [3.63, 3.8) is 0 Å². The Balaban J connectivity index is 1.61. The van der Waals surface area contributed by atoms with Crippen LogP contribution < -0.4 is 20.1 Å². The number of aromatic nitrogens is 3. The van der Waals surface area contributed by atoms with Gasteiger partial charge in [-0.3, -0.25) is 4.79 Å². The first-order valence-electron chi connectivity index (χ1n) is 12.4. The number of carbonyl (C=O) groups excluding carboxylic acids is 1. The van der Waals surface area contributed by atoms with E-state index in [1.807, 2.05) is 62.6 Å². The van der Waals surface area contributed by atoms with Gasteiger partial charge in [-0.25, -0.2) is 9.67 Å². The number of pyridine rings is 1. The molecule has 3 aromatic rings. The molecule has 3 heterocycles. The van der Waals surface area contributed by atoms with Crippen LogP contribution in [0.25, 0.3) is 5.69 Å². The molecule has 1 aliphatic rings. The molecular weight excluding hydrogens is 512 g/mol. The molecule has 0 fully saturated rings. The van der Waals surface area contributed by atoms with E-state index in [1.165, 1.54) is 24.2 Å². The Morgan fingerprint density at radius 2 is 1.95 bits per heavy atom. The van der Waals surface area contributed by atoms with Gasteiger partial charge in [0.2, 0.25) is 11.7 Å². The Kier molecular flexibility index (Phi) is 8.77. The van der Waals surface area contributed by atoms with E-state index in [9.17, 15) is 9.90 Å². The summed E-state index contributed by atoms with van der Waals surface area (Å²) in [6.45, 7) is 7.87. The molecule has 4 rings (SSSR count). The number of nitrogens with zero attached hydrogens (tertiary/aromatic N) is 3. The van der Waals surface area contributed by atoms with Crippen LogP contribution in [0.3, 0.4) is 0 Å². The Morgan fingerprint density at radius 1 is 1.18 bits per heavy atom. The second-order valence-corrected chi connectivity index (χ2v) is 9.49. The van der Waals surface area contributed by atoms with Crippen molar-refractivity contribution in [2.45, 2.75) is 26.7 Å². The molecule has 1 aliphatic heterocycles. The second-order valence-electron chi connectivity index (χ2n) is 8.87. The summed E-state index contributed by atoms with van der Waals surface area (Å²) >= 11 is 1.38. The number of Topliss-reactive ketones (excluding diaryl/α,β-unsaturated/α-hetero) is 1. The third kappa shape index (κ3) is 6.35. The van der Waals surface area contributed by atoms with E-state index in [0.717, 1.165) is 16.9 Å². The van der Waals surface area contributed by atoms with Crippen LogP contribution in [-0.4, -0.2) is 39.0 Å². The lowest BCUT2D eigenvalue weighted by Gasteiger charge is -2.15. The molecular formula is C29H32N6O3S. The van der Waals surface area contributed by atoms with Crippen molar-refractivity contribution >= 4 is 23.5 Å². The van der Waals surface area contributed by atoms with Crippen LogP contribution >= 0.6 is 11.9 Å². The number of hydrogen-bond acceptors (Lipinski definition) is 9. The van der Waals surface area contributed by atoms with Crippen LogP contribution in [0, 0.1) is 13.8 Å². The number of aliphatic hydroxyl groups is 1. The Hall–Kier alpha value is -4.44. The maximum Gasteiger partial charge on any atom is 0.219 e. The predicted octanol–water partition coefficient (Wildman–Crippen LogP) is 5.88. The van der Waals surface area contributed by atoms with Crippen molar-refractivity contribution in [3.8, 4) is 17.3 Å². The number of anilines is 1. The number of aliphatic hydroxyl groups excluding tert-OH is 1. The number of allylic oxidation sites excluding steroid dienone is 4. The van der Waals surface area contributed by atoms with Gasteiger partial charge in [-0.05, 0) is 43.9 Å². The number of aryl methyl sites for hydroxylation is 2. The molecule has 39 heavy (non-hydrogen) atoms. The molecule has 9 nitrogen and oxygen atoms in total. The number of nitrogens with one attached hydrogen (secondary N) is 3. The molecule has 0 aliphatic carbocycles. The zero-order valence-corrected chi connectivity index (χ0v) is 23.2. The molecule has 202 valence electrons. The summed E-state index contributed by atoms with van der Waals surface area (Å²) in [5.74, 6) is 1.51. The van der Waals surface area contributed by atoms with Gasteiger partial charge in [0.1, 0.15) is 17.3 Å². The van der Waals surface area contributed by atoms with Gasteiger partial charge in [0.05, 0.1) is 35.0 Å². The summed E-state index contributed by atoms with van der Waals surface area (Å²) in [4.78, 5) is 18.1. The Morgan fingerprint density at radius 3 is 2.67 bits per heavy atom. The first-order valence-corrected chi connectivity index (χ1v) is 13.6. The van der Waals surface area contributed by atoms with Crippen LogP contribution in [0.1, 0.15) is 34.3 Å². The molecule has 4 N–H and O–H groups in total. The average Bonchev–Trinajstić information content (AvgIpc) is 3.34. The molecule has 0 amide bonds. The van der Waals surface area contributed by atoms with Gasteiger partial charge in [0, 0.05) is 31.1 Å². The van der Waals surface area contributed by atoms with E-state index < -0.39 is 0 Å². The van der Waals surface area contributed by atoms with Crippen molar-refractivity contribution in [1.82, 2.24) is 24.8 Å². The average molecular weight is 545 g/mol. The summed E-state index contributed by atoms with van der Waals surface area (Å²) in [6.07, 6.45) is 11.5. The fraction of sp³-hybridized carbons (Fsp3) is 0.207. The van der Waals surface area contributed by atoms with Gasteiger partial charge in [0.25, 0.3) is 0 Å². The highest BCUT2D eigenvalue weighted by Gasteiger charge is 2.22. The zero-order chi connectivity index (χ0) is 27.9. The molecule has 0 unspecified atom stereocenters. The first kappa shape index (κ1) is 27.6. The minimum atomic E-state index is -0.253. The van der Waals surface area contributed by atoms with Crippen LogP contribution in [0.15, 0.2) is 90.4 Å². The number of rotatable bonds is 8. The van der Waals surface area contributed by atoms with Gasteiger partial charge >= 0.3 is 0 Å². The lowest BCUT2D eigenvalue weighted by atomic mass is 10.1. The fourth-order valence-electron chi connectivity index (χ4n) is 4.08. The third-order valence-corrected chi connectivity index (χ3v) is 6.47. The standard InChI is InChI=1S/C29H32N6O3S/c1-18-10-6-9-13-26(18)38-27-14-19(2)24(17-31-27)35-29(30-4)21(16-32-35)28(37)23-12-8-7-11-22(34-39-5)25(36)15-20(3)33-23/h6,9-17,30,33-34,36H,3,7-8H2,1-2,4-5H3/b22-11+,23-12-,25-15+. The maximum absolute atomic E-state index is 13.6. The van der Waals surface area contributed by atoms with E-state index >= 15 is 0 Å². The number of para-hydroxylation sites is 1. The van der Waals surface area contributed by atoms with Gasteiger partial charge in [-0.2, -0.15) is 5.10 Å². The molecule has 1 aromatic carbocycles. The molecule has 0 saturated heterocycles. The van der Waals surface area contributed by atoms with Gasteiger partial charge in [-0.15, -0.1) is 0 Å². The topological polar surface area (TPSA) is 113 Å². The SMILES string of the molecule is C=C1/C=C(O)\C(NSC)=C/CC/C=C(/C(=O)c2cnn(-c3cnc(Oc4ccccc4C)cc3C)c2NC)N1. The summed E-state index contributed by atoms with van der Waals surface area (Å²) in [6, 6.07) is 9.59. The van der Waals surface area contributed by atoms with Gasteiger partial charge < -0.3 is 25.2 Å². The lowest BCUT2D eigenvalue weighted by molar-refractivity contribution is 0.102. The normalized spacial score (nSPS) is 17.9. The molecule has 0 saturated carbocycles. The number of ketones is 1. The van der Waals surface area contributed by atoms with Crippen molar-refractivity contribution < 1.29 is 14.6 Å². The maximum atomic E-state index is 13.6. The van der Waals surface area contributed by atoms with E-state index in [2.05, 4.69) is 32.0 Å². The largest absolute Gasteiger partial charge is 0.506 e. The van der Waals surface area contributed by atoms with Gasteiger partial charge in [-0.1, -0.05) is 48.9 Å². The summed E-state index contributed by atoms with van der Waals surface area (Å²) in [7, 11) is 1.74. The van der Waals surface area contributed by atoms with E-state index in [0.29, 0.717) is 52.9 Å². The van der Waals surface area contributed by atoms with Crippen molar-refractivity contribution in [1.29, 1.82) is 0 Å². The third-order valence-electron chi connectivity index (χ3n) is 6.05. The smallest absolute Gasteiger partial charge is 0.219 e. The van der Waals surface area contributed by atoms with Crippen molar-refractivity contribution in [3.05, 3.63) is 107 Å². The molecule has 0 bridgehead atoms.